The van der Waals surface area contributed by atoms with Gasteiger partial charge in [0.15, 0.2) is 5.13 Å². The van der Waals surface area contributed by atoms with E-state index in [1.165, 1.54) is 5.56 Å². The van der Waals surface area contributed by atoms with Gasteiger partial charge in [-0.1, -0.05) is 55.0 Å². The summed E-state index contributed by atoms with van der Waals surface area (Å²) in [5, 5.41) is 0.733. The molecule has 0 bridgehead atoms. The quantitative estimate of drug-likeness (QED) is 0.492. The summed E-state index contributed by atoms with van der Waals surface area (Å²) in [6, 6.07) is 12.2. The number of likely N-dealkylation sites (N-methyl/N-ethyl adjacent to an activating group) is 1. The van der Waals surface area contributed by atoms with Crippen molar-refractivity contribution in [1.29, 1.82) is 0 Å². The normalized spacial score (nSPS) is 11.3. The molecule has 0 spiro atoms. The molecule has 0 aliphatic rings. The highest BCUT2D eigenvalue weighted by molar-refractivity contribution is 7.22. The first-order chi connectivity index (χ1) is 14.5. The molecule has 1 aromatic heterocycles. The minimum absolute atomic E-state index is 0.0777. The SMILES string of the molecule is CCN(CC)CCN(C(=O)Cc1cc(C)ccc1C)c1nc2c(OC)cccc2s1. The van der Waals surface area contributed by atoms with Crippen LogP contribution in [0.2, 0.25) is 0 Å². The van der Waals surface area contributed by atoms with Gasteiger partial charge in [0.05, 0.1) is 18.2 Å². The first-order valence-corrected chi connectivity index (χ1v) is 11.3. The maximum Gasteiger partial charge on any atom is 0.233 e. The first-order valence-electron chi connectivity index (χ1n) is 10.5. The van der Waals surface area contributed by atoms with Gasteiger partial charge in [0.2, 0.25) is 5.91 Å². The minimum Gasteiger partial charge on any atom is -0.494 e. The zero-order valence-corrected chi connectivity index (χ0v) is 19.4. The Labute approximate surface area is 183 Å². The Balaban J connectivity index is 1.93. The summed E-state index contributed by atoms with van der Waals surface area (Å²) < 4.78 is 6.50. The topological polar surface area (TPSA) is 45.7 Å². The van der Waals surface area contributed by atoms with Crippen molar-refractivity contribution in [2.75, 3.05) is 38.2 Å². The summed E-state index contributed by atoms with van der Waals surface area (Å²) in [7, 11) is 1.65. The number of methoxy groups -OCH3 is 1. The van der Waals surface area contributed by atoms with Crippen molar-refractivity contribution in [2.24, 2.45) is 0 Å². The van der Waals surface area contributed by atoms with E-state index in [1.54, 1.807) is 18.4 Å². The number of para-hydroxylation sites is 1. The van der Waals surface area contributed by atoms with Crippen molar-refractivity contribution in [3.05, 3.63) is 53.1 Å². The Kier molecular flexibility index (Phi) is 7.45. The van der Waals surface area contributed by atoms with Crippen LogP contribution >= 0.6 is 11.3 Å². The van der Waals surface area contributed by atoms with Crippen molar-refractivity contribution in [2.45, 2.75) is 34.1 Å². The van der Waals surface area contributed by atoms with Gasteiger partial charge in [-0.3, -0.25) is 9.69 Å². The van der Waals surface area contributed by atoms with Crippen LogP contribution in [0.25, 0.3) is 10.2 Å². The fourth-order valence-electron chi connectivity index (χ4n) is 3.55. The first kappa shape index (κ1) is 22.2. The lowest BCUT2D eigenvalue weighted by molar-refractivity contribution is -0.118. The van der Waals surface area contributed by atoms with Crippen molar-refractivity contribution in [3.8, 4) is 5.75 Å². The van der Waals surface area contributed by atoms with E-state index in [2.05, 4.69) is 50.8 Å². The van der Waals surface area contributed by atoms with Crippen LogP contribution in [0.15, 0.2) is 36.4 Å². The fraction of sp³-hybridized carbons (Fsp3) is 0.417. The molecule has 0 atom stereocenters. The van der Waals surface area contributed by atoms with Crippen LogP contribution in [0, 0.1) is 13.8 Å². The number of aromatic nitrogens is 1. The van der Waals surface area contributed by atoms with E-state index in [4.69, 9.17) is 9.72 Å². The van der Waals surface area contributed by atoms with E-state index in [1.807, 2.05) is 23.1 Å². The van der Waals surface area contributed by atoms with E-state index in [9.17, 15) is 4.79 Å². The van der Waals surface area contributed by atoms with Gasteiger partial charge in [-0.2, -0.15) is 0 Å². The molecule has 30 heavy (non-hydrogen) atoms. The summed E-state index contributed by atoms with van der Waals surface area (Å²) in [6.07, 6.45) is 0.374. The highest BCUT2D eigenvalue weighted by atomic mass is 32.1. The van der Waals surface area contributed by atoms with Crippen LogP contribution in [0.1, 0.15) is 30.5 Å². The predicted octanol–water partition coefficient (Wildman–Crippen LogP) is 4.84. The number of benzene rings is 2. The van der Waals surface area contributed by atoms with Gasteiger partial charge >= 0.3 is 0 Å². The van der Waals surface area contributed by atoms with E-state index < -0.39 is 0 Å². The standard InChI is InChI=1S/C24H31N3O2S/c1-6-26(7-2)13-14-27(22(28)16-19-15-17(3)11-12-18(19)4)24-25-23-20(29-5)9-8-10-21(23)30-24/h8-12,15H,6-7,13-14,16H2,1-5H3. The third-order valence-corrected chi connectivity index (χ3v) is 6.55. The monoisotopic (exact) mass is 425 g/mol. The fourth-order valence-corrected chi connectivity index (χ4v) is 4.58. The van der Waals surface area contributed by atoms with Crippen LogP contribution in [0.3, 0.4) is 0 Å². The molecule has 0 aliphatic heterocycles. The van der Waals surface area contributed by atoms with E-state index in [0.717, 1.165) is 51.9 Å². The number of anilines is 1. The van der Waals surface area contributed by atoms with Crippen LogP contribution in [-0.2, 0) is 11.2 Å². The predicted molar refractivity (Wildman–Crippen MR) is 126 cm³/mol. The van der Waals surface area contributed by atoms with Crippen molar-refractivity contribution in [1.82, 2.24) is 9.88 Å². The third-order valence-electron chi connectivity index (χ3n) is 5.50. The largest absolute Gasteiger partial charge is 0.494 e. The van der Waals surface area contributed by atoms with Gasteiger partial charge in [-0.05, 0) is 50.2 Å². The molecule has 5 nitrogen and oxygen atoms in total. The smallest absolute Gasteiger partial charge is 0.233 e. The number of hydrogen-bond donors (Lipinski definition) is 0. The molecular formula is C24H31N3O2S. The van der Waals surface area contributed by atoms with Gasteiger partial charge in [0, 0.05) is 13.1 Å². The molecule has 0 fully saturated rings. The Morgan fingerprint density at radius 3 is 2.57 bits per heavy atom. The molecular weight excluding hydrogens is 394 g/mol. The second-order valence-corrected chi connectivity index (χ2v) is 8.49. The van der Waals surface area contributed by atoms with Gasteiger partial charge in [-0.25, -0.2) is 4.98 Å². The number of amides is 1. The number of nitrogens with zero attached hydrogens (tertiary/aromatic N) is 3. The Hall–Kier alpha value is -2.44. The van der Waals surface area contributed by atoms with Crippen molar-refractivity contribution < 1.29 is 9.53 Å². The number of fused-ring (bicyclic) bond motifs is 1. The van der Waals surface area contributed by atoms with Gasteiger partial charge < -0.3 is 9.64 Å². The molecule has 1 amide bonds. The molecule has 2 aromatic carbocycles. The highest BCUT2D eigenvalue weighted by Gasteiger charge is 2.22. The summed E-state index contributed by atoms with van der Waals surface area (Å²) in [6.45, 7) is 11.8. The molecule has 1 heterocycles. The summed E-state index contributed by atoms with van der Waals surface area (Å²) in [4.78, 5) is 22.4. The van der Waals surface area contributed by atoms with Crippen LogP contribution < -0.4 is 9.64 Å². The zero-order valence-electron chi connectivity index (χ0n) is 18.6. The molecule has 0 saturated carbocycles. The molecule has 6 heteroatoms. The number of aryl methyl sites for hydroxylation is 2. The number of rotatable bonds is 9. The lowest BCUT2D eigenvalue weighted by Crippen LogP contribution is -2.39. The second kappa shape index (κ2) is 10.0. The average molecular weight is 426 g/mol. The summed E-state index contributed by atoms with van der Waals surface area (Å²) in [5.74, 6) is 0.814. The second-order valence-electron chi connectivity index (χ2n) is 7.48. The van der Waals surface area contributed by atoms with E-state index in [-0.39, 0.29) is 5.91 Å². The molecule has 0 N–H and O–H groups in total. The maximum absolute atomic E-state index is 13.4. The maximum atomic E-state index is 13.4. The molecule has 0 radical (unpaired) electrons. The van der Waals surface area contributed by atoms with Crippen LogP contribution in [0.5, 0.6) is 5.75 Å². The molecule has 3 rings (SSSR count). The van der Waals surface area contributed by atoms with Gasteiger partial charge in [0.1, 0.15) is 11.3 Å². The lowest BCUT2D eigenvalue weighted by Gasteiger charge is -2.25. The number of ether oxygens (including phenoxy) is 1. The number of carbonyl (C=O) groups excluding carboxylic acids is 1. The minimum atomic E-state index is 0.0777. The number of hydrogen-bond acceptors (Lipinski definition) is 5. The Morgan fingerprint density at radius 1 is 1.10 bits per heavy atom. The molecule has 160 valence electrons. The average Bonchev–Trinajstić information content (AvgIpc) is 3.17. The molecule has 0 saturated heterocycles. The zero-order chi connectivity index (χ0) is 21.7. The lowest BCUT2D eigenvalue weighted by atomic mass is 10.0. The molecule has 3 aromatic rings. The van der Waals surface area contributed by atoms with Crippen LogP contribution in [-0.4, -0.2) is 49.1 Å². The summed E-state index contributed by atoms with van der Waals surface area (Å²) >= 11 is 1.54. The highest BCUT2D eigenvalue weighted by Crippen LogP contribution is 2.34. The molecule has 0 aliphatic carbocycles. The van der Waals surface area contributed by atoms with Crippen molar-refractivity contribution >= 4 is 32.6 Å². The third kappa shape index (κ3) is 4.99. The van der Waals surface area contributed by atoms with Gasteiger partial charge in [0.25, 0.3) is 0 Å². The Morgan fingerprint density at radius 2 is 1.87 bits per heavy atom. The van der Waals surface area contributed by atoms with E-state index in [0.29, 0.717) is 13.0 Å². The van der Waals surface area contributed by atoms with E-state index >= 15 is 0 Å². The molecule has 0 unspecified atom stereocenters. The number of carbonyl (C=O) groups is 1. The van der Waals surface area contributed by atoms with Crippen molar-refractivity contribution in [3.63, 3.8) is 0 Å². The number of thiazole rings is 1. The van der Waals surface area contributed by atoms with Gasteiger partial charge in [-0.15, -0.1) is 0 Å². The summed E-state index contributed by atoms with van der Waals surface area (Å²) in [5.41, 5.74) is 4.20. The Bertz CT molecular complexity index is 1010. The van der Waals surface area contributed by atoms with Crippen LogP contribution in [0.4, 0.5) is 5.13 Å².